The standard InChI is InChI=1S/C19H27BrN4O5S/c1-11-6-7-14(20)22-15(11)23-16(25)12-8-19(10-21-30(5,27)28)9-13(19)24(12)17(26)29-18(2,3)4/h6-7,12-13,21H,8-10H2,1-5H3,(H,22,23,25)/t12-,13+,19-/m0/s1. The van der Waals surface area contributed by atoms with Gasteiger partial charge in [0, 0.05) is 18.0 Å². The molecule has 3 atom stereocenters. The number of nitrogens with zero attached hydrogens (tertiary/aromatic N) is 2. The Labute approximate surface area is 185 Å². The number of carbonyl (C=O) groups excluding carboxylic acids is 2. The molecule has 2 N–H and O–H groups in total. The van der Waals surface area contributed by atoms with Gasteiger partial charge in [-0.1, -0.05) is 6.07 Å². The van der Waals surface area contributed by atoms with E-state index in [1.54, 1.807) is 26.8 Å². The van der Waals surface area contributed by atoms with E-state index in [9.17, 15) is 18.0 Å². The fourth-order valence-electron chi connectivity index (χ4n) is 3.80. The Balaban J connectivity index is 1.83. The lowest BCUT2D eigenvalue weighted by molar-refractivity contribution is -0.121. The number of pyridine rings is 1. The van der Waals surface area contributed by atoms with E-state index in [1.807, 2.05) is 13.0 Å². The fourth-order valence-corrected chi connectivity index (χ4v) is 4.66. The smallest absolute Gasteiger partial charge is 0.411 e. The number of fused-ring (bicyclic) bond motifs is 1. The topological polar surface area (TPSA) is 118 Å². The van der Waals surface area contributed by atoms with Gasteiger partial charge >= 0.3 is 6.09 Å². The van der Waals surface area contributed by atoms with Crippen molar-refractivity contribution in [3.05, 3.63) is 22.3 Å². The first-order chi connectivity index (χ1) is 13.7. The maximum absolute atomic E-state index is 13.1. The Morgan fingerprint density at radius 2 is 2.00 bits per heavy atom. The zero-order valence-electron chi connectivity index (χ0n) is 17.7. The summed E-state index contributed by atoms with van der Waals surface area (Å²) in [5, 5.41) is 2.80. The molecule has 11 heteroatoms. The first kappa shape index (κ1) is 23.0. The Kier molecular flexibility index (Phi) is 5.94. The number of halogens is 1. The minimum Gasteiger partial charge on any atom is -0.444 e. The molecule has 30 heavy (non-hydrogen) atoms. The second-order valence-corrected chi connectivity index (χ2v) is 11.7. The first-order valence-electron chi connectivity index (χ1n) is 9.61. The van der Waals surface area contributed by atoms with Gasteiger partial charge < -0.3 is 10.1 Å². The molecule has 2 fully saturated rings. The van der Waals surface area contributed by atoms with Gasteiger partial charge in [-0.05, 0) is 68.1 Å². The number of piperidine rings is 1. The van der Waals surface area contributed by atoms with Gasteiger partial charge in [0.15, 0.2) is 0 Å². The van der Waals surface area contributed by atoms with E-state index in [-0.39, 0.29) is 18.5 Å². The molecule has 9 nitrogen and oxygen atoms in total. The maximum atomic E-state index is 13.1. The first-order valence-corrected chi connectivity index (χ1v) is 12.3. The van der Waals surface area contributed by atoms with Gasteiger partial charge in [-0.2, -0.15) is 0 Å². The lowest BCUT2D eigenvalue weighted by Crippen LogP contribution is -2.47. The van der Waals surface area contributed by atoms with E-state index in [2.05, 4.69) is 31.0 Å². The van der Waals surface area contributed by atoms with Crippen LogP contribution in [0.15, 0.2) is 16.7 Å². The molecule has 1 aliphatic heterocycles. The van der Waals surface area contributed by atoms with Gasteiger partial charge in [-0.15, -0.1) is 0 Å². The van der Waals surface area contributed by atoms with Crippen molar-refractivity contribution in [2.75, 3.05) is 18.1 Å². The average molecular weight is 503 g/mol. The van der Waals surface area contributed by atoms with E-state index in [1.165, 1.54) is 4.90 Å². The number of ether oxygens (including phenoxy) is 1. The van der Waals surface area contributed by atoms with Crippen LogP contribution in [-0.4, -0.2) is 60.8 Å². The Bertz CT molecular complexity index is 978. The van der Waals surface area contributed by atoms with E-state index in [0.717, 1.165) is 11.8 Å². The van der Waals surface area contributed by atoms with E-state index in [4.69, 9.17) is 4.74 Å². The van der Waals surface area contributed by atoms with Gasteiger partial charge in [0.05, 0.1) is 6.26 Å². The second kappa shape index (κ2) is 7.76. The van der Waals surface area contributed by atoms with Gasteiger partial charge in [0.1, 0.15) is 22.1 Å². The van der Waals surface area contributed by atoms with Crippen LogP contribution in [0.3, 0.4) is 0 Å². The van der Waals surface area contributed by atoms with Gasteiger partial charge in [-0.3, -0.25) is 9.69 Å². The molecule has 166 valence electrons. The van der Waals surface area contributed by atoms with Crippen LogP contribution >= 0.6 is 15.9 Å². The summed E-state index contributed by atoms with van der Waals surface area (Å²) in [4.78, 5) is 31.7. The number of anilines is 1. The van der Waals surface area contributed by atoms with E-state index in [0.29, 0.717) is 23.3 Å². The monoisotopic (exact) mass is 502 g/mol. The van der Waals surface area contributed by atoms with Crippen LogP contribution in [-0.2, 0) is 19.6 Å². The van der Waals surface area contributed by atoms with Crippen molar-refractivity contribution >= 4 is 43.8 Å². The molecular formula is C19H27BrN4O5S. The number of hydrogen-bond acceptors (Lipinski definition) is 6. The molecule has 1 saturated carbocycles. The summed E-state index contributed by atoms with van der Waals surface area (Å²) in [6, 6.07) is 2.56. The number of rotatable bonds is 5. The molecule has 2 heterocycles. The summed E-state index contributed by atoms with van der Waals surface area (Å²) in [6.07, 6.45) is 1.48. The minimum atomic E-state index is -3.39. The zero-order chi connectivity index (χ0) is 22.5. The van der Waals surface area contributed by atoms with Crippen LogP contribution in [0.5, 0.6) is 0 Å². The molecule has 1 aromatic heterocycles. The van der Waals surface area contributed by atoms with Crippen molar-refractivity contribution in [3.8, 4) is 0 Å². The highest BCUT2D eigenvalue weighted by Gasteiger charge is 2.67. The van der Waals surface area contributed by atoms with Crippen LogP contribution in [0, 0.1) is 12.3 Å². The molecule has 2 amide bonds. The second-order valence-electron chi connectivity index (χ2n) is 9.07. The van der Waals surface area contributed by atoms with Crippen molar-refractivity contribution in [3.63, 3.8) is 0 Å². The molecule has 1 saturated heterocycles. The Morgan fingerprint density at radius 1 is 1.33 bits per heavy atom. The number of nitrogens with one attached hydrogen (secondary N) is 2. The molecule has 0 aromatic carbocycles. The number of carbonyl (C=O) groups is 2. The normalized spacial score (nSPS) is 25.6. The summed E-state index contributed by atoms with van der Waals surface area (Å²) >= 11 is 3.29. The van der Waals surface area contributed by atoms with E-state index < -0.39 is 33.2 Å². The number of hydrogen-bond donors (Lipinski definition) is 2. The van der Waals surface area contributed by atoms with Crippen molar-refractivity contribution in [1.29, 1.82) is 0 Å². The van der Waals surface area contributed by atoms with Crippen LogP contribution in [0.2, 0.25) is 0 Å². The highest BCUT2D eigenvalue weighted by atomic mass is 79.9. The van der Waals surface area contributed by atoms with E-state index >= 15 is 0 Å². The van der Waals surface area contributed by atoms with Gasteiger partial charge in [0.2, 0.25) is 15.9 Å². The number of amides is 2. The van der Waals surface area contributed by atoms with Crippen LogP contribution in [0.1, 0.15) is 39.2 Å². The van der Waals surface area contributed by atoms with Crippen molar-refractivity contribution in [2.24, 2.45) is 5.41 Å². The zero-order valence-corrected chi connectivity index (χ0v) is 20.1. The number of aromatic nitrogens is 1. The molecular weight excluding hydrogens is 476 g/mol. The van der Waals surface area contributed by atoms with Gasteiger partial charge in [-0.25, -0.2) is 22.9 Å². The summed E-state index contributed by atoms with van der Waals surface area (Å²) in [7, 11) is -3.39. The summed E-state index contributed by atoms with van der Waals surface area (Å²) in [5.74, 6) is 0.0305. The molecule has 3 rings (SSSR count). The third-order valence-corrected chi connectivity index (χ3v) is 6.43. The average Bonchev–Trinajstić information content (AvgIpc) is 3.18. The minimum absolute atomic E-state index is 0.174. The lowest BCUT2D eigenvalue weighted by atomic mass is 9.99. The maximum Gasteiger partial charge on any atom is 0.411 e. The predicted octanol–water partition coefficient (Wildman–Crippen LogP) is 2.41. The summed E-state index contributed by atoms with van der Waals surface area (Å²) < 4.78 is 31.8. The molecule has 0 radical (unpaired) electrons. The van der Waals surface area contributed by atoms with Crippen LogP contribution < -0.4 is 10.0 Å². The Morgan fingerprint density at radius 3 is 2.60 bits per heavy atom. The lowest BCUT2D eigenvalue weighted by Gasteiger charge is -2.29. The van der Waals surface area contributed by atoms with Gasteiger partial charge in [0.25, 0.3) is 0 Å². The molecule has 0 spiro atoms. The summed E-state index contributed by atoms with van der Waals surface area (Å²) in [6.45, 7) is 7.28. The quantitative estimate of drug-likeness (QED) is 0.596. The van der Waals surface area contributed by atoms with Crippen molar-refractivity contribution in [1.82, 2.24) is 14.6 Å². The highest BCUT2D eigenvalue weighted by Crippen LogP contribution is 2.59. The highest BCUT2D eigenvalue weighted by molar-refractivity contribution is 9.10. The Hall–Kier alpha value is -1.72. The predicted molar refractivity (Wildman–Crippen MR) is 115 cm³/mol. The molecule has 0 unspecified atom stereocenters. The number of aryl methyl sites for hydroxylation is 1. The molecule has 0 bridgehead atoms. The number of likely N-dealkylation sites (tertiary alicyclic amines) is 1. The third-order valence-electron chi connectivity index (χ3n) is 5.32. The van der Waals surface area contributed by atoms with Crippen molar-refractivity contribution < 1.29 is 22.7 Å². The number of sulfonamides is 1. The molecule has 1 aliphatic carbocycles. The fraction of sp³-hybridized carbons (Fsp3) is 0.632. The van der Waals surface area contributed by atoms with Crippen LogP contribution in [0.25, 0.3) is 0 Å². The van der Waals surface area contributed by atoms with Crippen LogP contribution in [0.4, 0.5) is 10.6 Å². The largest absolute Gasteiger partial charge is 0.444 e. The third kappa shape index (κ3) is 5.12. The molecule has 2 aliphatic rings. The molecule has 1 aromatic rings. The summed E-state index contributed by atoms with van der Waals surface area (Å²) in [5.41, 5.74) is -0.403. The van der Waals surface area contributed by atoms with Crippen molar-refractivity contribution in [2.45, 2.75) is 58.2 Å². The SMILES string of the molecule is Cc1ccc(Br)nc1NC(=O)[C@@H]1C[C@@]2(CNS(C)(=O)=O)C[C@H]2N1C(=O)OC(C)(C)C.